The van der Waals surface area contributed by atoms with Crippen molar-refractivity contribution < 1.29 is 28.6 Å². The molecule has 0 radical (unpaired) electrons. The molecule has 0 bridgehead atoms. The van der Waals surface area contributed by atoms with Crippen LogP contribution in [0.4, 0.5) is 0 Å². The van der Waals surface area contributed by atoms with Crippen LogP contribution in [0.15, 0.2) is 46.8 Å². The summed E-state index contributed by atoms with van der Waals surface area (Å²) in [7, 11) is 1.30. The van der Waals surface area contributed by atoms with Crippen LogP contribution in [-0.4, -0.2) is 37.5 Å². The smallest absolute Gasteiger partial charge is 0.337 e. The third kappa shape index (κ3) is 5.06. The Morgan fingerprint density at radius 3 is 2.44 bits per heavy atom. The molecule has 0 spiro atoms. The fourth-order valence-electron chi connectivity index (χ4n) is 5.84. The van der Waals surface area contributed by atoms with Gasteiger partial charge < -0.3 is 19.5 Å². The minimum Gasteiger partial charge on any atom is -0.494 e. The Balaban J connectivity index is 1.81. The van der Waals surface area contributed by atoms with E-state index in [0.29, 0.717) is 41.2 Å². The molecule has 1 heterocycles. The number of hydrogen-bond acceptors (Lipinski definition) is 7. The number of benzene rings is 1. The Morgan fingerprint density at radius 1 is 1.08 bits per heavy atom. The first-order valence-corrected chi connectivity index (χ1v) is 13.1. The number of carbonyl (C=O) groups is 3. The van der Waals surface area contributed by atoms with Crippen molar-refractivity contribution >= 4 is 17.7 Å². The van der Waals surface area contributed by atoms with Crippen LogP contribution in [-0.2, 0) is 23.9 Å². The number of allylic oxidation sites excluding steroid dienone is 3. The highest BCUT2D eigenvalue weighted by Crippen LogP contribution is 2.47. The van der Waals surface area contributed by atoms with Gasteiger partial charge in [0.25, 0.3) is 0 Å². The lowest BCUT2D eigenvalue weighted by atomic mass is 9.69. The fraction of sp³-hybridized carbons (Fsp3) is 0.552. The zero-order chi connectivity index (χ0) is 25.8. The summed E-state index contributed by atoms with van der Waals surface area (Å²) in [5, 5.41) is 3.33. The SMILES string of the molecule is CCOc1ccccc1[C@H]1C(C(=O)OC2CCCCCC2)=C(C)NC2=C1C(=O)[C@H](C(=O)OC)[C@@H](C)C2. The van der Waals surface area contributed by atoms with E-state index in [2.05, 4.69) is 5.32 Å². The van der Waals surface area contributed by atoms with Gasteiger partial charge in [0.05, 0.1) is 25.2 Å². The Hall–Kier alpha value is -3.09. The molecule has 194 valence electrons. The second kappa shape index (κ2) is 11.3. The van der Waals surface area contributed by atoms with Crippen LogP contribution in [0.5, 0.6) is 5.75 Å². The number of Topliss-reactive ketones (excluding diaryl/α,β-unsaturated/α-hetero) is 1. The van der Waals surface area contributed by atoms with Gasteiger partial charge in [-0.2, -0.15) is 0 Å². The van der Waals surface area contributed by atoms with Gasteiger partial charge in [-0.05, 0) is 57.9 Å². The van der Waals surface area contributed by atoms with Crippen LogP contribution in [0.3, 0.4) is 0 Å². The van der Waals surface area contributed by atoms with Gasteiger partial charge in [-0.3, -0.25) is 9.59 Å². The van der Waals surface area contributed by atoms with E-state index in [9.17, 15) is 14.4 Å². The molecule has 36 heavy (non-hydrogen) atoms. The number of esters is 2. The van der Waals surface area contributed by atoms with E-state index in [4.69, 9.17) is 14.2 Å². The minimum absolute atomic E-state index is 0.136. The summed E-state index contributed by atoms with van der Waals surface area (Å²) < 4.78 is 17.0. The van der Waals surface area contributed by atoms with E-state index >= 15 is 0 Å². The van der Waals surface area contributed by atoms with E-state index in [1.54, 1.807) is 0 Å². The molecule has 1 aliphatic heterocycles. The fourth-order valence-corrected chi connectivity index (χ4v) is 5.84. The van der Waals surface area contributed by atoms with Crippen LogP contribution in [0, 0.1) is 11.8 Å². The molecule has 0 amide bonds. The Morgan fingerprint density at radius 2 is 1.78 bits per heavy atom. The molecular formula is C29H37NO6. The predicted molar refractivity (Wildman–Crippen MR) is 135 cm³/mol. The molecule has 1 fully saturated rings. The lowest BCUT2D eigenvalue weighted by molar-refractivity contribution is -0.151. The normalized spacial score (nSPS) is 25.0. The van der Waals surface area contributed by atoms with Crippen molar-refractivity contribution in [3.05, 3.63) is 52.4 Å². The molecule has 2 aliphatic carbocycles. The summed E-state index contributed by atoms with van der Waals surface area (Å²) >= 11 is 0. The zero-order valence-corrected chi connectivity index (χ0v) is 21.7. The van der Waals surface area contributed by atoms with Crippen LogP contribution in [0.25, 0.3) is 0 Å². The van der Waals surface area contributed by atoms with Crippen LogP contribution in [0.1, 0.15) is 77.2 Å². The number of hydrogen-bond donors (Lipinski definition) is 1. The number of ether oxygens (including phenoxy) is 3. The highest BCUT2D eigenvalue weighted by Gasteiger charge is 2.48. The minimum atomic E-state index is -0.921. The number of dihydropyridines is 1. The number of methoxy groups -OCH3 is 1. The van der Waals surface area contributed by atoms with E-state index in [1.807, 2.05) is 45.0 Å². The number of ketones is 1. The van der Waals surface area contributed by atoms with Gasteiger partial charge in [-0.15, -0.1) is 0 Å². The second-order valence-corrected chi connectivity index (χ2v) is 10.0. The first-order chi connectivity index (χ1) is 17.4. The van der Waals surface area contributed by atoms with Crippen molar-refractivity contribution in [1.82, 2.24) is 5.32 Å². The van der Waals surface area contributed by atoms with Crippen molar-refractivity contribution in [3.63, 3.8) is 0 Å². The van der Waals surface area contributed by atoms with Gasteiger partial charge in [0.2, 0.25) is 0 Å². The third-order valence-corrected chi connectivity index (χ3v) is 7.57. The zero-order valence-electron chi connectivity index (χ0n) is 21.7. The molecular weight excluding hydrogens is 458 g/mol. The Kier molecular flexibility index (Phi) is 8.17. The standard InChI is InChI=1S/C29H37NO6/c1-5-35-22-15-11-10-14-20(22)25-24(29(33)36-19-12-8-6-7-9-13-19)18(3)30-21-16-17(2)23(28(32)34-4)27(31)26(21)25/h10-11,14-15,17,19,23,25,30H,5-9,12-13,16H2,1-4H3/t17-,23+,25-/m0/s1. The summed E-state index contributed by atoms with van der Waals surface area (Å²) in [6.45, 7) is 6.06. The quantitative estimate of drug-likeness (QED) is 0.339. The van der Waals surface area contributed by atoms with E-state index in [0.717, 1.165) is 44.2 Å². The molecule has 3 aliphatic rings. The number of rotatable bonds is 6. The van der Waals surface area contributed by atoms with Gasteiger partial charge >= 0.3 is 11.9 Å². The monoisotopic (exact) mass is 495 g/mol. The van der Waals surface area contributed by atoms with E-state index < -0.39 is 23.8 Å². The van der Waals surface area contributed by atoms with Crippen molar-refractivity contribution in [3.8, 4) is 5.75 Å². The van der Waals surface area contributed by atoms with Gasteiger partial charge in [-0.25, -0.2) is 4.79 Å². The molecule has 0 aromatic heterocycles. The summed E-state index contributed by atoms with van der Waals surface area (Å²) in [4.78, 5) is 40.3. The highest BCUT2D eigenvalue weighted by atomic mass is 16.5. The van der Waals surface area contributed by atoms with Gasteiger partial charge in [0.1, 0.15) is 17.8 Å². The molecule has 0 saturated heterocycles. The van der Waals surface area contributed by atoms with Crippen molar-refractivity contribution in [1.29, 1.82) is 0 Å². The molecule has 4 rings (SSSR count). The third-order valence-electron chi connectivity index (χ3n) is 7.57. The predicted octanol–water partition coefficient (Wildman–Crippen LogP) is 4.96. The van der Waals surface area contributed by atoms with E-state index in [-0.39, 0.29) is 17.8 Å². The maximum atomic E-state index is 13.9. The molecule has 7 heteroatoms. The van der Waals surface area contributed by atoms with Gasteiger partial charge in [0.15, 0.2) is 5.78 Å². The first kappa shape index (κ1) is 26.0. The first-order valence-electron chi connectivity index (χ1n) is 13.1. The molecule has 1 saturated carbocycles. The summed E-state index contributed by atoms with van der Waals surface area (Å²) in [6, 6.07) is 7.47. The van der Waals surface area contributed by atoms with E-state index in [1.165, 1.54) is 7.11 Å². The number of para-hydroxylation sites is 1. The van der Waals surface area contributed by atoms with Crippen LogP contribution < -0.4 is 10.1 Å². The van der Waals surface area contributed by atoms with Crippen LogP contribution in [0.2, 0.25) is 0 Å². The summed E-state index contributed by atoms with van der Waals surface area (Å²) in [5.41, 5.74) is 2.95. The molecule has 3 atom stereocenters. The molecule has 1 aromatic carbocycles. The van der Waals surface area contributed by atoms with Crippen molar-refractivity contribution in [2.45, 2.75) is 77.7 Å². The van der Waals surface area contributed by atoms with Gasteiger partial charge in [-0.1, -0.05) is 38.0 Å². The highest BCUT2D eigenvalue weighted by molar-refractivity contribution is 6.12. The average molecular weight is 496 g/mol. The molecule has 1 aromatic rings. The maximum Gasteiger partial charge on any atom is 0.337 e. The van der Waals surface area contributed by atoms with Crippen LogP contribution >= 0.6 is 0 Å². The van der Waals surface area contributed by atoms with Gasteiger partial charge in [0, 0.05) is 22.5 Å². The molecule has 1 N–H and O–H groups in total. The summed E-state index contributed by atoms with van der Waals surface area (Å²) in [6.07, 6.45) is 6.44. The topological polar surface area (TPSA) is 90.9 Å². The molecule has 0 unspecified atom stereocenters. The van der Waals surface area contributed by atoms with Crippen molar-refractivity contribution in [2.24, 2.45) is 11.8 Å². The summed E-state index contributed by atoms with van der Waals surface area (Å²) in [5.74, 6) is -2.53. The Bertz CT molecular complexity index is 1080. The Labute approximate surface area is 213 Å². The van der Waals surface area contributed by atoms with Crippen molar-refractivity contribution in [2.75, 3.05) is 13.7 Å². The average Bonchev–Trinajstić information content (AvgIpc) is 3.12. The number of nitrogens with one attached hydrogen (secondary N) is 1. The lowest BCUT2D eigenvalue weighted by Gasteiger charge is -2.38. The number of carbonyl (C=O) groups excluding carboxylic acids is 3. The maximum absolute atomic E-state index is 13.9. The second-order valence-electron chi connectivity index (χ2n) is 10.0. The molecule has 7 nitrogen and oxygen atoms in total. The lowest BCUT2D eigenvalue weighted by Crippen LogP contribution is -2.43. The largest absolute Gasteiger partial charge is 0.494 e.